The summed E-state index contributed by atoms with van der Waals surface area (Å²) in [6.45, 7) is 7.19. The predicted octanol–water partition coefficient (Wildman–Crippen LogP) is 4.60. The molecule has 0 spiro atoms. The van der Waals surface area contributed by atoms with Crippen molar-refractivity contribution in [1.29, 1.82) is 0 Å². The maximum absolute atomic E-state index is 12.7. The lowest BCUT2D eigenvalue weighted by Gasteiger charge is -2.28. The minimum absolute atomic E-state index is 0. The Morgan fingerprint density at radius 1 is 0.969 bits per heavy atom. The minimum Gasteiger partial charge on any atom is -0.356 e. The van der Waals surface area contributed by atoms with Gasteiger partial charge in [0.2, 0.25) is 0 Å². The van der Waals surface area contributed by atoms with Crippen molar-refractivity contribution < 1.29 is 4.79 Å². The summed E-state index contributed by atoms with van der Waals surface area (Å²) in [6, 6.07) is 13.3. The van der Waals surface area contributed by atoms with Gasteiger partial charge in [-0.3, -0.25) is 9.69 Å². The number of piperidine rings is 1. The highest BCUT2D eigenvalue weighted by molar-refractivity contribution is 5.94. The van der Waals surface area contributed by atoms with Gasteiger partial charge in [-0.05, 0) is 62.4 Å². The van der Waals surface area contributed by atoms with E-state index in [0.717, 1.165) is 56.9 Å². The van der Waals surface area contributed by atoms with Gasteiger partial charge in [-0.25, -0.2) is 4.98 Å². The molecule has 32 heavy (non-hydrogen) atoms. The number of nitrogens with zero attached hydrogens (tertiary/aromatic N) is 4. The minimum atomic E-state index is 0. The second-order valence-electron chi connectivity index (χ2n) is 9.33. The molecule has 3 atom stereocenters. The Kier molecular flexibility index (Phi) is 8.07. The monoisotopic (exact) mass is 476 g/mol. The van der Waals surface area contributed by atoms with Crippen molar-refractivity contribution in [2.45, 2.75) is 32.2 Å². The second kappa shape index (κ2) is 10.4. The highest BCUT2D eigenvalue weighted by Crippen LogP contribution is 2.45. The highest BCUT2D eigenvalue weighted by atomic mass is 35.5. The average molecular weight is 477 g/mol. The molecule has 174 valence electrons. The van der Waals surface area contributed by atoms with E-state index in [1.165, 1.54) is 17.5 Å². The van der Waals surface area contributed by atoms with Gasteiger partial charge < -0.3 is 9.80 Å². The lowest BCUT2D eigenvalue weighted by molar-refractivity contribution is 0.0724. The molecule has 4 heterocycles. The van der Waals surface area contributed by atoms with E-state index in [0.29, 0.717) is 17.9 Å². The van der Waals surface area contributed by atoms with Crippen molar-refractivity contribution in [3.63, 3.8) is 0 Å². The summed E-state index contributed by atoms with van der Waals surface area (Å²) in [5.41, 5.74) is 3.56. The molecule has 3 aliphatic rings. The number of aryl methyl sites for hydroxylation is 1. The Balaban J connectivity index is 0.00000144. The van der Waals surface area contributed by atoms with E-state index in [9.17, 15) is 4.79 Å². The van der Waals surface area contributed by atoms with Gasteiger partial charge in [0, 0.05) is 50.9 Å². The number of carbonyl (C=O) groups excluding carboxylic acids is 1. The topological polar surface area (TPSA) is 39.7 Å². The number of rotatable bonds is 3. The Morgan fingerprint density at radius 3 is 2.41 bits per heavy atom. The number of pyridine rings is 1. The highest BCUT2D eigenvalue weighted by Gasteiger charge is 2.46. The van der Waals surface area contributed by atoms with Crippen LogP contribution in [-0.2, 0) is 0 Å². The number of benzene rings is 1. The van der Waals surface area contributed by atoms with Crippen LogP contribution in [0.1, 0.15) is 46.8 Å². The Morgan fingerprint density at radius 2 is 1.72 bits per heavy atom. The number of likely N-dealkylation sites (tertiary alicyclic amines) is 2. The summed E-state index contributed by atoms with van der Waals surface area (Å²) in [5, 5.41) is 0. The summed E-state index contributed by atoms with van der Waals surface area (Å²) < 4.78 is 0. The molecule has 0 N–H and O–H groups in total. The van der Waals surface area contributed by atoms with Gasteiger partial charge in [0.25, 0.3) is 5.91 Å². The van der Waals surface area contributed by atoms with Gasteiger partial charge in [0.05, 0.1) is 5.56 Å². The van der Waals surface area contributed by atoms with Crippen LogP contribution in [0.25, 0.3) is 0 Å². The molecule has 5 rings (SSSR count). The first kappa shape index (κ1) is 24.8. The number of hydrogen-bond acceptors (Lipinski definition) is 4. The number of fused-ring (bicyclic) bond motifs is 1. The van der Waals surface area contributed by atoms with Crippen LogP contribution in [0.4, 0.5) is 5.82 Å². The zero-order chi connectivity index (χ0) is 20.7. The van der Waals surface area contributed by atoms with Gasteiger partial charge in [0.15, 0.2) is 0 Å². The van der Waals surface area contributed by atoms with Crippen LogP contribution in [0.3, 0.4) is 0 Å². The third-order valence-electron chi connectivity index (χ3n) is 7.36. The fourth-order valence-corrected chi connectivity index (χ4v) is 5.81. The number of anilines is 1. The van der Waals surface area contributed by atoms with Crippen molar-refractivity contribution in [2.75, 3.05) is 44.7 Å². The van der Waals surface area contributed by atoms with E-state index in [2.05, 4.69) is 48.0 Å². The molecular formula is C25H34Cl2N4O. The average Bonchev–Trinajstić information content (AvgIpc) is 3.31. The standard InChI is InChI=1S/C25H32N4O.2ClH/c1-18-8-4-5-9-21(18)24-22-17-29(16-20(22)15-27(24)2)23-11-10-19(14-26-23)25(30)28-12-6-3-7-13-28;;/h4-5,8-11,14,20,22,24H,3,6-7,12-13,15-17H2,1-2H3;2*1H/t20-,22+,24-;;/m0../s1. The van der Waals surface area contributed by atoms with E-state index in [-0.39, 0.29) is 30.7 Å². The molecule has 3 fully saturated rings. The lowest BCUT2D eigenvalue weighted by Crippen LogP contribution is -2.35. The molecule has 0 bridgehead atoms. The molecule has 5 nitrogen and oxygen atoms in total. The van der Waals surface area contributed by atoms with Gasteiger partial charge in [-0.15, -0.1) is 24.8 Å². The first-order chi connectivity index (χ1) is 14.6. The van der Waals surface area contributed by atoms with Crippen LogP contribution >= 0.6 is 24.8 Å². The van der Waals surface area contributed by atoms with Gasteiger partial charge in [-0.2, -0.15) is 0 Å². The zero-order valence-electron chi connectivity index (χ0n) is 18.9. The van der Waals surface area contributed by atoms with E-state index in [1.807, 2.05) is 17.0 Å². The van der Waals surface area contributed by atoms with E-state index in [4.69, 9.17) is 4.98 Å². The van der Waals surface area contributed by atoms with Crippen LogP contribution in [0.2, 0.25) is 0 Å². The van der Waals surface area contributed by atoms with Crippen molar-refractivity contribution >= 4 is 36.5 Å². The fourth-order valence-electron chi connectivity index (χ4n) is 5.81. The molecule has 0 radical (unpaired) electrons. The third-order valence-corrected chi connectivity index (χ3v) is 7.36. The molecule has 1 aromatic carbocycles. The summed E-state index contributed by atoms with van der Waals surface area (Å²) in [5.74, 6) is 2.42. The van der Waals surface area contributed by atoms with E-state index >= 15 is 0 Å². The molecule has 3 saturated heterocycles. The van der Waals surface area contributed by atoms with E-state index < -0.39 is 0 Å². The van der Waals surface area contributed by atoms with Crippen molar-refractivity contribution in [3.05, 3.63) is 59.3 Å². The third kappa shape index (κ3) is 4.61. The molecule has 2 aromatic rings. The molecular weight excluding hydrogens is 443 g/mol. The largest absolute Gasteiger partial charge is 0.356 e. The van der Waals surface area contributed by atoms with Crippen LogP contribution in [0.15, 0.2) is 42.6 Å². The number of aromatic nitrogens is 1. The maximum Gasteiger partial charge on any atom is 0.255 e. The molecule has 0 aliphatic carbocycles. The van der Waals surface area contributed by atoms with Crippen LogP contribution in [0.5, 0.6) is 0 Å². The van der Waals surface area contributed by atoms with Gasteiger partial charge >= 0.3 is 0 Å². The van der Waals surface area contributed by atoms with Gasteiger partial charge in [0.1, 0.15) is 5.82 Å². The van der Waals surface area contributed by atoms with Crippen molar-refractivity contribution in [2.24, 2.45) is 11.8 Å². The normalized spacial score (nSPS) is 25.1. The smallest absolute Gasteiger partial charge is 0.255 e. The first-order valence-electron chi connectivity index (χ1n) is 11.4. The summed E-state index contributed by atoms with van der Waals surface area (Å²) in [7, 11) is 2.26. The maximum atomic E-state index is 12.7. The lowest BCUT2D eigenvalue weighted by atomic mass is 9.88. The summed E-state index contributed by atoms with van der Waals surface area (Å²) in [4.78, 5) is 24.4. The Bertz CT molecular complexity index is 916. The van der Waals surface area contributed by atoms with Crippen molar-refractivity contribution in [1.82, 2.24) is 14.8 Å². The van der Waals surface area contributed by atoms with Crippen molar-refractivity contribution in [3.8, 4) is 0 Å². The zero-order valence-corrected chi connectivity index (χ0v) is 20.6. The summed E-state index contributed by atoms with van der Waals surface area (Å²) in [6.07, 6.45) is 5.25. The molecule has 0 unspecified atom stereocenters. The Labute approximate surface area is 204 Å². The number of hydrogen-bond donors (Lipinski definition) is 0. The molecule has 0 saturated carbocycles. The summed E-state index contributed by atoms with van der Waals surface area (Å²) >= 11 is 0. The molecule has 1 amide bonds. The SMILES string of the molecule is Cc1ccccc1[C@H]1[C@@H]2CN(c3ccc(C(=O)N4CCCCC4)cn3)C[C@@H]2CN1C.Cl.Cl. The molecule has 3 aliphatic heterocycles. The first-order valence-corrected chi connectivity index (χ1v) is 11.4. The van der Waals surface area contributed by atoms with Gasteiger partial charge in [-0.1, -0.05) is 24.3 Å². The number of halogens is 2. The van der Waals surface area contributed by atoms with Crippen LogP contribution < -0.4 is 4.90 Å². The second-order valence-corrected chi connectivity index (χ2v) is 9.33. The molecule has 1 aromatic heterocycles. The van der Waals surface area contributed by atoms with Crippen LogP contribution in [-0.4, -0.2) is 60.5 Å². The number of amides is 1. The van der Waals surface area contributed by atoms with E-state index in [1.54, 1.807) is 6.20 Å². The quantitative estimate of drug-likeness (QED) is 0.648. The number of carbonyl (C=O) groups is 1. The van der Waals surface area contributed by atoms with Crippen LogP contribution in [0, 0.1) is 18.8 Å². The predicted molar refractivity (Wildman–Crippen MR) is 134 cm³/mol. The molecule has 7 heteroatoms. The Hall–Kier alpha value is -1.82. The fraction of sp³-hybridized carbons (Fsp3) is 0.520.